The summed E-state index contributed by atoms with van der Waals surface area (Å²) in [5.41, 5.74) is 0.721. The number of halogens is 1. The van der Waals surface area contributed by atoms with E-state index in [4.69, 9.17) is 4.74 Å². The van der Waals surface area contributed by atoms with Crippen molar-refractivity contribution in [3.8, 4) is 11.5 Å². The van der Waals surface area contributed by atoms with Gasteiger partial charge in [0.2, 0.25) is 5.91 Å². The number of thiazole rings is 1. The van der Waals surface area contributed by atoms with Crippen molar-refractivity contribution in [3.63, 3.8) is 0 Å². The highest BCUT2D eigenvalue weighted by Gasteiger charge is 2.13. The van der Waals surface area contributed by atoms with Gasteiger partial charge in [-0.25, -0.2) is 9.97 Å². The molecule has 0 saturated carbocycles. The minimum atomic E-state index is 0.0108. The summed E-state index contributed by atoms with van der Waals surface area (Å²) >= 11 is 4.83. The monoisotopic (exact) mass is 432 g/mol. The van der Waals surface area contributed by atoms with Crippen molar-refractivity contribution in [2.75, 3.05) is 19.4 Å². The normalized spacial score (nSPS) is 10.4. The van der Waals surface area contributed by atoms with Gasteiger partial charge in [-0.2, -0.15) is 0 Å². The van der Waals surface area contributed by atoms with Gasteiger partial charge >= 0.3 is 0 Å². The van der Waals surface area contributed by atoms with E-state index in [0.29, 0.717) is 22.4 Å². The van der Waals surface area contributed by atoms with E-state index in [1.54, 1.807) is 25.2 Å². The number of benzene rings is 1. The summed E-state index contributed by atoms with van der Waals surface area (Å²) in [6, 6.07) is 11.3. The Morgan fingerprint density at radius 2 is 2.08 bits per heavy atom. The number of aromatic nitrogens is 2. The number of ether oxygens (including phenoxy) is 1. The molecule has 0 aliphatic heterocycles. The number of para-hydroxylation sites is 1. The zero-order valence-corrected chi connectivity index (χ0v) is 16.7. The lowest BCUT2D eigenvalue weighted by Crippen LogP contribution is -2.23. The van der Waals surface area contributed by atoms with Crippen LogP contribution in [0.3, 0.4) is 0 Å². The number of rotatable bonds is 6. The third-order valence-corrected chi connectivity index (χ3v) is 4.64. The molecule has 1 amide bonds. The molecule has 0 spiro atoms. The third kappa shape index (κ3) is 4.80. The molecule has 2 aromatic heterocycles. The molecular weight excluding hydrogens is 416 g/mol. The van der Waals surface area contributed by atoms with Crippen molar-refractivity contribution in [2.45, 2.75) is 6.42 Å². The summed E-state index contributed by atoms with van der Waals surface area (Å²) in [5, 5.41) is 5.68. The number of hydrogen-bond acceptors (Lipinski definition) is 6. The van der Waals surface area contributed by atoms with Gasteiger partial charge in [0.05, 0.1) is 12.1 Å². The first-order valence-corrected chi connectivity index (χ1v) is 9.48. The van der Waals surface area contributed by atoms with Crippen molar-refractivity contribution in [3.05, 3.63) is 58.1 Å². The Balaban J connectivity index is 1.78. The number of nitrogens with one attached hydrogen (secondary N) is 1. The molecule has 0 saturated heterocycles. The molecular formula is C18H17BrN4O2S. The second kappa shape index (κ2) is 8.29. The molecule has 0 aliphatic carbocycles. The highest BCUT2D eigenvalue weighted by molar-refractivity contribution is 9.10. The minimum Gasteiger partial charge on any atom is -0.453 e. The highest BCUT2D eigenvalue weighted by Crippen LogP contribution is 2.33. The summed E-state index contributed by atoms with van der Waals surface area (Å²) < 4.78 is 6.74. The van der Waals surface area contributed by atoms with Crippen molar-refractivity contribution >= 4 is 44.1 Å². The van der Waals surface area contributed by atoms with Crippen LogP contribution in [0.1, 0.15) is 5.69 Å². The number of carbonyl (C=O) groups is 1. The van der Waals surface area contributed by atoms with Gasteiger partial charge < -0.3 is 15.0 Å². The fourth-order valence-corrected chi connectivity index (χ4v) is 3.09. The molecule has 0 radical (unpaired) electrons. The quantitative estimate of drug-likeness (QED) is 0.622. The second-order valence-corrected chi connectivity index (χ2v) is 7.42. The first-order chi connectivity index (χ1) is 12.5. The molecule has 2 heterocycles. The zero-order valence-electron chi connectivity index (χ0n) is 14.3. The Hall–Kier alpha value is -2.45. The average molecular weight is 433 g/mol. The Labute approximate surface area is 164 Å². The van der Waals surface area contributed by atoms with Crippen LogP contribution in [0.4, 0.5) is 10.9 Å². The molecule has 1 N–H and O–H groups in total. The van der Waals surface area contributed by atoms with E-state index in [2.05, 4.69) is 31.2 Å². The summed E-state index contributed by atoms with van der Waals surface area (Å²) in [6.07, 6.45) is 1.95. The van der Waals surface area contributed by atoms with Crippen LogP contribution in [0.15, 0.2) is 52.4 Å². The topological polar surface area (TPSA) is 67.4 Å². The molecule has 3 aromatic rings. The van der Waals surface area contributed by atoms with Gasteiger partial charge in [0, 0.05) is 36.2 Å². The van der Waals surface area contributed by atoms with Crippen LogP contribution in [-0.2, 0) is 11.2 Å². The molecule has 26 heavy (non-hydrogen) atoms. The maximum absolute atomic E-state index is 11.8. The van der Waals surface area contributed by atoms with Gasteiger partial charge in [0.15, 0.2) is 16.7 Å². The fraction of sp³-hybridized carbons (Fsp3) is 0.167. The molecule has 8 heteroatoms. The third-order valence-electron chi connectivity index (χ3n) is 3.40. The van der Waals surface area contributed by atoms with Gasteiger partial charge in [0.1, 0.15) is 5.75 Å². The van der Waals surface area contributed by atoms with Crippen LogP contribution in [0.25, 0.3) is 0 Å². The van der Waals surface area contributed by atoms with Crippen LogP contribution in [-0.4, -0.2) is 34.9 Å². The van der Waals surface area contributed by atoms with E-state index in [0.717, 1.165) is 10.2 Å². The number of hydrogen-bond donors (Lipinski definition) is 1. The zero-order chi connectivity index (χ0) is 18.5. The molecule has 0 bridgehead atoms. The van der Waals surface area contributed by atoms with Crippen LogP contribution < -0.4 is 10.1 Å². The second-order valence-electron chi connectivity index (χ2n) is 5.65. The number of carbonyl (C=O) groups excluding carboxylic acids is 1. The largest absolute Gasteiger partial charge is 0.453 e. The van der Waals surface area contributed by atoms with Crippen molar-refractivity contribution < 1.29 is 9.53 Å². The lowest BCUT2D eigenvalue weighted by Gasteiger charge is -2.11. The minimum absolute atomic E-state index is 0.0108. The van der Waals surface area contributed by atoms with Gasteiger partial charge in [-0.1, -0.05) is 18.2 Å². The predicted molar refractivity (Wildman–Crippen MR) is 106 cm³/mol. The van der Waals surface area contributed by atoms with E-state index >= 15 is 0 Å². The smallest absolute Gasteiger partial charge is 0.228 e. The number of pyridine rings is 1. The van der Waals surface area contributed by atoms with E-state index < -0.39 is 0 Å². The maximum atomic E-state index is 11.8. The summed E-state index contributed by atoms with van der Waals surface area (Å²) in [7, 11) is 3.46. The molecule has 0 unspecified atom stereocenters. The Morgan fingerprint density at radius 1 is 1.31 bits per heavy atom. The van der Waals surface area contributed by atoms with Crippen LogP contribution >= 0.6 is 27.3 Å². The highest BCUT2D eigenvalue weighted by atomic mass is 79.9. The van der Waals surface area contributed by atoms with E-state index in [1.165, 1.54) is 11.3 Å². The van der Waals surface area contributed by atoms with Crippen LogP contribution in [0.2, 0.25) is 0 Å². The first-order valence-electron chi connectivity index (χ1n) is 7.81. The van der Waals surface area contributed by atoms with E-state index in [9.17, 15) is 4.79 Å². The van der Waals surface area contributed by atoms with Gasteiger partial charge in [-0.3, -0.25) is 4.79 Å². The number of likely N-dealkylation sites (N-methyl/N-ethyl adjacent to an activating group) is 1. The Bertz CT molecular complexity index is 899. The summed E-state index contributed by atoms with van der Waals surface area (Å²) in [6.45, 7) is 0. The van der Waals surface area contributed by atoms with Gasteiger partial charge in [-0.05, 0) is 28.1 Å². The van der Waals surface area contributed by atoms with Gasteiger partial charge in [0.25, 0.3) is 0 Å². The Morgan fingerprint density at radius 3 is 2.81 bits per heavy atom. The number of amides is 1. The van der Waals surface area contributed by atoms with Crippen molar-refractivity contribution in [1.29, 1.82) is 0 Å². The summed E-state index contributed by atoms with van der Waals surface area (Å²) in [4.78, 5) is 22.2. The number of nitrogens with zero attached hydrogens (tertiary/aromatic N) is 3. The lowest BCUT2D eigenvalue weighted by molar-refractivity contribution is -0.128. The molecule has 6 nitrogen and oxygen atoms in total. The van der Waals surface area contributed by atoms with E-state index in [-0.39, 0.29) is 12.3 Å². The Kier molecular flexibility index (Phi) is 5.85. The lowest BCUT2D eigenvalue weighted by atomic mass is 10.3. The van der Waals surface area contributed by atoms with Crippen LogP contribution in [0, 0.1) is 0 Å². The molecule has 0 atom stereocenters. The SMILES string of the molecule is CN(C)C(=O)Cc1csc(Nc2ncc(Br)cc2Oc2ccccc2)n1. The molecule has 134 valence electrons. The van der Waals surface area contributed by atoms with Crippen molar-refractivity contribution in [2.24, 2.45) is 0 Å². The molecule has 0 aliphatic rings. The summed E-state index contributed by atoms with van der Waals surface area (Å²) in [5.74, 6) is 1.85. The molecule has 3 rings (SSSR count). The molecule has 1 aromatic carbocycles. The number of anilines is 2. The van der Waals surface area contributed by atoms with E-state index in [1.807, 2.05) is 41.8 Å². The fourth-order valence-electron chi connectivity index (χ4n) is 2.07. The maximum Gasteiger partial charge on any atom is 0.228 e. The standard InChI is InChI=1S/C18H17BrN4O2S/c1-23(2)16(24)9-13-11-26-18(21-13)22-17-15(8-12(19)10-20-17)25-14-6-4-3-5-7-14/h3-8,10-11H,9H2,1-2H3,(H,20,21,22). The predicted octanol–water partition coefficient (Wildman–Crippen LogP) is 4.47. The first kappa shape index (κ1) is 18.3. The van der Waals surface area contributed by atoms with Crippen molar-refractivity contribution in [1.82, 2.24) is 14.9 Å². The molecule has 0 fully saturated rings. The average Bonchev–Trinajstić information content (AvgIpc) is 3.05. The van der Waals surface area contributed by atoms with Crippen LogP contribution in [0.5, 0.6) is 11.5 Å². The van der Waals surface area contributed by atoms with Gasteiger partial charge in [-0.15, -0.1) is 11.3 Å².